The van der Waals surface area contributed by atoms with Crippen LogP contribution in [0.3, 0.4) is 0 Å². The zero-order valence-electron chi connectivity index (χ0n) is 19.6. The van der Waals surface area contributed by atoms with E-state index in [9.17, 15) is 18.0 Å². The van der Waals surface area contributed by atoms with Crippen molar-refractivity contribution >= 4 is 21.4 Å². The molecule has 6 nitrogen and oxygen atoms in total. The topological polar surface area (TPSA) is 93.3 Å². The van der Waals surface area contributed by atoms with E-state index in [4.69, 9.17) is 9.47 Å². The van der Waals surface area contributed by atoms with Gasteiger partial charge in [-0.25, -0.2) is 8.42 Å². The van der Waals surface area contributed by atoms with Crippen molar-refractivity contribution in [2.75, 3.05) is 0 Å². The summed E-state index contributed by atoms with van der Waals surface area (Å²) in [6.45, 7) is 0. The molecule has 37 heavy (non-hydrogen) atoms. The van der Waals surface area contributed by atoms with Crippen LogP contribution >= 0.6 is 0 Å². The molecule has 0 N–H and O–H groups in total. The standard InChI is InChI=1S/C30H22O6S/c31-25(21-13-5-1-6-14-21)29(27(35-29)23-17-9-3-10-18-23)37(33,34)30(26(32)22-15-7-2-8-16-22)28(36-30)24-19-11-4-12-20-24/h1-20,27-28H/t27-,28-,29-,30-/m1/s1. The van der Waals surface area contributed by atoms with E-state index >= 15 is 0 Å². The Morgan fingerprint density at radius 3 is 1.14 bits per heavy atom. The van der Waals surface area contributed by atoms with Gasteiger partial charge in [-0.3, -0.25) is 9.59 Å². The molecule has 2 fully saturated rings. The van der Waals surface area contributed by atoms with Crippen LogP contribution in [0.25, 0.3) is 0 Å². The van der Waals surface area contributed by atoms with E-state index in [2.05, 4.69) is 0 Å². The highest BCUT2D eigenvalue weighted by Crippen LogP contribution is 2.66. The van der Waals surface area contributed by atoms with Gasteiger partial charge in [-0.15, -0.1) is 0 Å². The quantitative estimate of drug-likeness (QED) is 0.242. The molecule has 4 atom stereocenters. The third-order valence-corrected chi connectivity index (χ3v) is 9.46. The Morgan fingerprint density at radius 1 is 0.514 bits per heavy atom. The van der Waals surface area contributed by atoms with E-state index < -0.39 is 43.5 Å². The number of carbonyl (C=O) groups excluding carboxylic acids is 2. The number of ether oxygens (including phenoxy) is 2. The molecule has 0 amide bonds. The largest absolute Gasteiger partial charge is 0.337 e. The summed E-state index contributed by atoms with van der Waals surface area (Å²) in [5.74, 6) is -1.46. The van der Waals surface area contributed by atoms with Crippen molar-refractivity contribution in [2.45, 2.75) is 22.1 Å². The summed E-state index contributed by atoms with van der Waals surface area (Å²) < 4.78 is 41.2. The molecule has 2 saturated heterocycles. The van der Waals surface area contributed by atoms with Gasteiger partial charge in [0.15, 0.2) is 0 Å². The number of sulfone groups is 1. The second-order valence-electron chi connectivity index (χ2n) is 9.05. The van der Waals surface area contributed by atoms with Gasteiger partial charge < -0.3 is 9.47 Å². The summed E-state index contributed by atoms with van der Waals surface area (Å²) in [6, 6.07) is 33.6. The van der Waals surface area contributed by atoms with Crippen LogP contribution in [0, 0.1) is 0 Å². The number of carbonyl (C=O) groups is 2. The molecule has 4 aromatic rings. The van der Waals surface area contributed by atoms with Gasteiger partial charge in [0.1, 0.15) is 12.2 Å². The van der Waals surface area contributed by atoms with Gasteiger partial charge >= 0.3 is 0 Å². The molecule has 0 radical (unpaired) electrons. The van der Waals surface area contributed by atoms with Crippen LogP contribution in [0.1, 0.15) is 44.1 Å². The average Bonchev–Trinajstić information content (AvgIpc) is 3.88. The Morgan fingerprint density at radius 2 is 0.811 bits per heavy atom. The summed E-state index contributed by atoms with van der Waals surface area (Å²) in [4.78, 5) is 23.3. The minimum absolute atomic E-state index is 0.170. The summed E-state index contributed by atoms with van der Waals surface area (Å²) in [6.07, 6.45) is -2.18. The first-order valence-corrected chi connectivity index (χ1v) is 13.3. The normalized spacial score (nSPS) is 26.3. The number of benzene rings is 4. The van der Waals surface area contributed by atoms with Crippen molar-refractivity contribution in [3.63, 3.8) is 0 Å². The zero-order valence-corrected chi connectivity index (χ0v) is 20.4. The molecule has 2 heterocycles. The van der Waals surface area contributed by atoms with Crippen LogP contribution in [-0.4, -0.2) is 29.9 Å². The summed E-state index contributed by atoms with van der Waals surface area (Å²) >= 11 is 0. The number of rotatable bonds is 8. The predicted octanol–water partition coefficient (Wildman–Crippen LogP) is 5.10. The minimum Gasteiger partial charge on any atom is -0.337 e. The van der Waals surface area contributed by atoms with Gasteiger partial charge in [-0.05, 0) is 11.1 Å². The fourth-order valence-electron chi connectivity index (χ4n) is 4.92. The Labute approximate surface area is 214 Å². The highest BCUT2D eigenvalue weighted by atomic mass is 32.2. The first-order valence-electron chi connectivity index (χ1n) is 11.8. The van der Waals surface area contributed by atoms with E-state index in [0.29, 0.717) is 11.1 Å². The number of hydrogen-bond acceptors (Lipinski definition) is 6. The lowest BCUT2D eigenvalue weighted by atomic mass is 10.0. The van der Waals surface area contributed by atoms with Gasteiger partial charge in [0.25, 0.3) is 9.87 Å². The first kappa shape index (κ1) is 23.5. The number of hydrogen-bond donors (Lipinski definition) is 0. The van der Waals surface area contributed by atoms with Gasteiger partial charge in [-0.2, -0.15) is 0 Å². The summed E-state index contributed by atoms with van der Waals surface area (Å²) in [5.41, 5.74) is 1.39. The van der Waals surface area contributed by atoms with Crippen LogP contribution in [0.5, 0.6) is 0 Å². The lowest BCUT2D eigenvalue weighted by Gasteiger charge is -2.20. The summed E-state index contributed by atoms with van der Waals surface area (Å²) in [7, 11) is -4.75. The fraction of sp³-hybridized carbons (Fsp3) is 0.133. The number of Topliss-reactive ketones (excluding diaryl/α,β-unsaturated/α-hetero) is 2. The maximum Gasteiger partial charge on any atom is 0.267 e. The highest BCUT2D eigenvalue weighted by molar-refractivity contribution is 7.96. The fourth-order valence-corrected chi connectivity index (χ4v) is 7.37. The molecule has 184 valence electrons. The van der Waals surface area contributed by atoms with Crippen molar-refractivity contribution in [2.24, 2.45) is 0 Å². The molecule has 2 aliphatic heterocycles. The smallest absolute Gasteiger partial charge is 0.267 e. The Hall–Kier alpha value is -3.91. The average molecular weight is 511 g/mol. The van der Waals surface area contributed by atoms with E-state index in [1.54, 1.807) is 97.1 Å². The Bertz CT molecular complexity index is 1460. The van der Waals surface area contributed by atoms with Crippen molar-refractivity contribution in [1.29, 1.82) is 0 Å². The van der Waals surface area contributed by atoms with Gasteiger partial charge in [0, 0.05) is 11.1 Å². The number of epoxide rings is 2. The second-order valence-corrected chi connectivity index (χ2v) is 11.3. The summed E-state index contributed by atoms with van der Waals surface area (Å²) in [5, 5.41) is 0. The van der Waals surface area contributed by atoms with Crippen molar-refractivity contribution in [1.82, 2.24) is 0 Å². The van der Waals surface area contributed by atoms with Crippen LogP contribution in [0.15, 0.2) is 121 Å². The molecule has 0 spiro atoms. The molecule has 0 saturated carbocycles. The molecular weight excluding hydrogens is 488 g/mol. The third kappa shape index (κ3) is 3.43. The van der Waals surface area contributed by atoms with E-state index in [-0.39, 0.29) is 11.1 Å². The molecule has 0 unspecified atom stereocenters. The molecule has 6 rings (SSSR count). The van der Waals surface area contributed by atoms with Crippen molar-refractivity contribution < 1.29 is 27.5 Å². The third-order valence-electron chi connectivity index (χ3n) is 6.87. The van der Waals surface area contributed by atoms with Crippen LogP contribution in [-0.2, 0) is 19.3 Å². The highest BCUT2D eigenvalue weighted by Gasteiger charge is 2.85. The van der Waals surface area contributed by atoms with Crippen LogP contribution in [0.2, 0.25) is 0 Å². The second kappa shape index (κ2) is 8.59. The minimum atomic E-state index is -4.75. The SMILES string of the molecule is O=C(c1ccccc1)[C@]1(S(=O)(=O)[C@@]2(C(=O)c3ccccc3)O[C@@H]2c2ccccc2)O[C@@H]1c1ccccc1. The Kier molecular flexibility index (Phi) is 5.45. The maximum atomic E-state index is 14.7. The van der Waals surface area contributed by atoms with Crippen molar-refractivity contribution in [3.8, 4) is 0 Å². The number of ketones is 2. The molecule has 7 heteroatoms. The van der Waals surface area contributed by atoms with Gasteiger partial charge in [0.2, 0.25) is 21.4 Å². The molecule has 0 bridgehead atoms. The van der Waals surface area contributed by atoms with Crippen LogP contribution in [0.4, 0.5) is 0 Å². The Balaban J connectivity index is 1.54. The zero-order chi connectivity index (χ0) is 25.7. The van der Waals surface area contributed by atoms with E-state index in [1.807, 2.05) is 0 Å². The van der Waals surface area contributed by atoms with Crippen LogP contribution < -0.4 is 0 Å². The lowest BCUT2D eigenvalue weighted by Crippen LogP contribution is -2.48. The van der Waals surface area contributed by atoms with E-state index in [1.165, 1.54) is 24.3 Å². The molecule has 0 aliphatic carbocycles. The van der Waals surface area contributed by atoms with E-state index in [0.717, 1.165) is 0 Å². The van der Waals surface area contributed by atoms with Gasteiger partial charge in [0.05, 0.1) is 0 Å². The lowest BCUT2D eigenvalue weighted by molar-refractivity contribution is 0.0910. The maximum absolute atomic E-state index is 14.7. The molecular formula is C30H22O6S. The van der Waals surface area contributed by atoms with Crippen molar-refractivity contribution in [3.05, 3.63) is 144 Å². The monoisotopic (exact) mass is 510 g/mol. The molecule has 4 aromatic carbocycles. The van der Waals surface area contributed by atoms with Gasteiger partial charge in [-0.1, -0.05) is 121 Å². The molecule has 0 aromatic heterocycles. The predicted molar refractivity (Wildman–Crippen MR) is 136 cm³/mol. The first-order chi connectivity index (χ1) is 17.9. The molecule has 2 aliphatic rings.